The Balaban J connectivity index is 1.89. The van der Waals surface area contributed by atoms with Gasteiger partial charge in [0.1, 0.15) is 0 Å². The summed E-state index contributed by atoms with van der Waals surface area (Å²) in [4.78, 5) is 14.1. The maximum absolute atomic E-state index is 12.2. The monoisotopic (exact) mass is 246 g/mol. The van der Waals surface area contributed by atoms with Crippen molar-refractivity contribution in [3.8, 4) is 0 Å². The lowest BCUT2D eigenvalue weighted by Gasteiger charge is -2.32. The van der Waals surface area contributed by atoms with Crippen LogP contribution < -0.4 is 5.73 Å². The van der Waals surface area contributed by atoms with E-state index < -0.39 is 6.04 Å². The van der Waals surface area contributed by atoms with Gasteiger partial charge < -0.3 is 10.6 Å². The summed E-state index contributed by atoms with van der Waals surface area (Å²) in [5, 5.41) is 0. The molecular weight excluding hydrogens is 224 g/mol. The maximum atomic E-state index is 12.2. The Morgan fingerprint density at radius 2 is 1.94 bits per heavy atom. The molecule has 1 atom stereocenters. The second kappa shape index (κ2) is 6.01. The fourth-order valence-electron chi connectivity index (χ4n) is 2.42. The summed E-state index contributed by atoms with van der Waals surface area (Å²) in [6.07, 6.45) is 2.83. The number of benzene rings is 1. The highest BCUT2D eigenvalue weighted by molar-refractivity contribution is 5.82. The predicted octanol–water partition coefficient (Wildman–Crippen LogP) is 1.81. The first-order chi connectivity index (χ1) is 8.66. The molecule has 1 fully saturated rings. The van der Waals surface area contributed by atoms with Crippen molar-refractivity contribution in [3.05, 3.63) is 35.9 Å². The van der Waals surface area contributed by atoms with E-state index in [1.54, 1.807) is 0 Å². The van der Waals surface area contributed by atoms with Crippen LogP contribution in [0.25, 0.3) is 0 Å². The van der Waals surface area contributed by atoms with Crippen molar-refractivity contribution in [2.24, 2.45) is 11.7 Å². The van der Waals surface area contributed by atoms with Gasteiger partial charge in [0.15, 0.2) is 0 Å². The molecule has 1 amide bonds. The number of hydrogen-bond donors (Lipinski definition) is 1. The van der Waals surface area contributed by atoms with Crippen LogP contribution in [0, 0.1) is 5.92 Å². The summed E-state index contributed by atoms with van der Waals surface area (Å²) < 4.78 is 0. The SMILES string of the molecule is CC1CCN(C(=O)[C@H](N)Cc2ccccc2)CC1. The molecule has 0 saturated carbocycles. The van der Waals surface area contributed by atoms with Gasteiger partial charge in [-0.15, -0.1) is 0 Å². The van der Waals surface area contributed by atoms with E-state index in [0.717, 1.165) is 37.4 Å². The highest BCUT2D eigenvalue weighted by Crippen LogP contribution is 2.17. The van der Waals surface area contributed by atoms with Crippen molar-refractivity contribution < 1.29 is 4.79 Å². The van der Waals surface area contributed by atoms with E-state index in [1.807, 2.05) is 35.2 Å². The fourth-order valence-corrected chi connectivity index (χ4v) is 2.42. The van der Waals surface area contributed by atoms with Gasteiger partial charge in [-0.2, -0.15) is 0 Å². The molecule has 1 aromatic rings. The normalized spacial score (nSPS) is 18.7. The van der Waals surface area contributed by atoms with E-state index in [0.29, 0.717) is 6.42 Å². The van der Waals surface area contributed by atoms with Crippen molar-refractivity contribution in [3.63, 3.8) is 0 Å². The number of nitrogens with zero attached hydrogens (tertiary/aromatic N) is 1. The number of nitrogens with two attached hydrogens (primary N) is 1. The second-order valence-electron chi connectivity index (χ2n) is 5.30. The van der Waals surface area contributed by atoms with Gasteiger partial charge in [-0.1, -0.05) is 37.3 Å². The summed E-state index contributed by atoms with van der Waals surface area (Å²) in [6, 6.07) is 9.57. The topological polar surface area (TPSA) is 46.3 Å². The Labute approximate surface area is 109 Å². The number of amides is 1. The fraction of sp³-hybridized carbons (Fsp3) is 0.533. The highest BCUT2D eigenvalue weighted by Gasteiger charge is 2.24. The van der Waals surface area contributed by atoms with Crippen LogP contribution in [0.4, 0.5) is 0 Å². The van der Waals surface area contributed by atoms with Crippen LogP contribution in [-0.2, 0) is 11.2 Å². The van der Waals surface area contributed by atoms with E-state index in [9.17, 15) is 4.79 Å². The third kappa shape index (κ3) is 3.33. The zero-order valence-electron chi connectivity index (χ0n) is 11.0. The van der Waals surface area contributed by atoms with Crippen molar-refractivity contribution in [1.29, 1.82) is 0 Å². The van der Waals surface area contributed by atoms with E-state index in [2.05, 4.69) is 6.92 Å². The third-order valence-electron chi connectivity index (χ3n) is 3.71. The smallest absolute Gasteiger partial charge is 0.239 e. The van der Waals surface area contributed by atoms with Crippen molar-refractivity contribution in [1.82, 2.24) is 4.90 Å². The molecule has 0 bridgehead atoms. The zero-order valence-corrected chi connectivity index (χ0v) is 11.0. The molecule has 1 aliphatic heterocycles. The lowest BCUT2D eigenvalue weighted by molar-refractivity contribution is -0.133. The first kappa shape index (κ1) is 13.1. The maximum Gasteiger partial charge on any atom is 0.239 e. The Morgan fingerprint density at radius 3 is 2.56 bits per heavy atom. The predicted molar refractivity (Wildman–Crippen MR) is 73.1 cm³/mol. The first-order valence-corrected chi connectivity index (χ1v) is 6.75. The van der Waals surface area contributed by atoms with Gasteiger partial charge in [0, 0.05) is 13.1 Å². The van der Waals surface area contributed by atoms with Crippen molar-refractivity contribution >= 4 is 5.91 Å². The van der Waals surface area contributed by atoms with Crippen LogP contribution in [0.5, 0.6) is 0 Å². The number of rotatable bonds is 3. The minimum atomic E-state index is -0.402. The number of carbonyl (C=O) groups excluding carboxylic acids is 1. The average Bonchev–Trinajstić information content (AvgIpc) is 2.40. The number of likely N-dealkylation sites (tertiary alicyclic amines) is 1. The van der Waals surface area contributed by atoms with Crippen molar-refractivity contribution in [2.45, 2.75) is 32.2 Å². The molecule has 3 heteroatoms. The highest BCUT2D eigenvalue weighted by atomic mass is 16.2. The molecule has 0 aliphatic carbocycles. The van der Waals surface area contributed by atoms with Gasteiger partial charge in [-0.3, -0.25) is 4.79 Å². The standard InChI is InChI=1S/C15H22N2O/c1-12-7-9-17(10-8-12)15(18)14(16)11-13-5-3-2-4-6-13/h2-6,12,14H,7-11,16H2,1H3/t14-/m1/s1. The number of carbonyl (C=O) groups is 1. The molecule has 1 heterocycles. The molecule has 18 heavy (non-hydrogen) atoms. The van der Waals surface area contributed by atoms with Crippen LogP contribution in [0.2, 0.25) is 0 Å². The number of hydrogen-bond acceptors (Lipinski definition) is 2. The molecular formula is C15H22N2O. The zero-order chi connectivity index (χ0) is 13.0. The van der Waals surface area contributed by atoms with E-state index in [4.69, 9.17) is 5.73 Å². The van der Waals surface area contributed by atoms with Crippen LogP contribution in [0.15, 0.2) is 30.3 Å². The summed E-state index contributed by atoms with van der Waals surface area (Å²) in [7, 11) is 0. The van der Waals surface area contributed by atoms with Gasteiger partial charge in [-0.25, -0.2) is 0 Å². The largest absolute Gasteiger partial charge is 0.341 e. The van der Waals surface area contributed by atoms with E-state index in [-0.39, 0.29) is 5.91 Å². The van der Waals surface area contributed by atoms with Crippen molar-refractivity contribution in [2.75, 3.05) is 13.1 Å². The lowest BCUT2D eigenvalue weighted by Crippen LogP contribution is -2.47. The second-order valence-corrected chi connectivity index (χ2v) is 5.30. The molecule has 0 radical (unpaired) electrons. The van der Waals surface area contributed by atoms with Crippen LogP contribution >= 0.6 is 0 Å². The molecule has 1 aromatic carbocycles. The van der Waals surface area contributed by atoms with Crippen LogP contribution in [0.1, 0.15) is 25.3 Å². The Hall–Kier alpha value is -1.35. The van der Waals surface area contributed by atoms with Gasteiger partial charge >= 0.3 is 0 Å². The summed E-state index contributed by atoms with van der Waals surface area (Å²) in [6.45, 7) is 3.97. The summed E-state index contributed by atoms with van der Waals surface area (Å²) in [5.41, 5.74) is 7.15. The molecule has 2 N–H and O–H groups in total. The van der Waals surface area contributed by atoms with Gasteiger partial charge in [0.25, 0.3) is 0 Å². The van der Waals surface area contributed by atoms with Gasteiger partial charge in [-0.05, 0) is 30.7 Å². The molecule has 2 rings (SSSR count). The molecule has 1 aliphatic rings. The average molecular weight is 246 g/mol. The molecule has 3 nitrogen and oxygen atoms in total. The summed E-state index contributed by atoms with van der Waals surface area (Å²) >= 11 is 0. The Morgan fingerprint density at radius 1 is 1.33 bits per heavy atom. The molecule has 0 spiro atoms. The molecule has 0 unspecified atom stereocenters. The van der Waals surface area contributed by atoms with Crippen LogP contribution in [0.3, 0.4) is 0 Å². The Bertz CT molecular complexity index is 383. The lowest BCUT2D eigenvalue weighted by atomic mass is 9.98. The Kier molecular flexibility index (Phi) is 4.37. The summed E-state index contributed by atoms with van der Waals surface area (Å²) in [5.74, 6) is 0.838. The van der Waals surface area contributed by atoms with Crippen LogP contribution in [-0.4, -0.2) is 29.9 Å². The minimum Gasteiger partial charge on any atom is -0.341 e. The molecule has 98 valence electrons. The van der Waals surface area contributed by atoms with E-state index in [1.165, 1.54) is 0 Å². The quantitative estimate of drug-likeness (QED) is 0.884. The third-order valence-corrected chi connectivity index (χ3v) is 3.71. The minimum absolute atomic E-state index is 0.103. The first-order valence-electron chi connectivity index (χ1n) is 6.75. The molecule has 0 aromatic heterocycles. The number of piperidine rings is 1. The molecule has 1 saturated heterocycles. The van der Waals surface area contributed by atoms with Gasteiger partial charge in [0.2, 0.25) is 5.91 Å². The van der Waals surface area contributed by atoms with E-state index >= 15 is 0 Å². The van der Waals surface area contributed by atoms with Gasteiger partial charge in [0.05, 0.1) is 6.04 Å².